The molecule has 1 atom stereocenters. The van der Waals surface area contributed by atoms with Gasteiger partial charge in [0.15, 0.2) is 11.6 Å². The molecule has 21 heavy (non-hydrogen) atoms. The van der Waals surface area contributed by atoms with Crippen LogP contribution in [0, 0.1) is 5.82 Å². The van der Waals surface area contributed by atoms with Crippen molar-refractivity contribution >= 4 is 24.8 Å². The summed E-state index contributed by atoms with van der Waals surface area (Å²) >= 11 is 0. The minimum atomic E-state index is -4.57. The Morgan fingerprint density at radius 2 is 1.71 bits per heavy atom. The molecule has 0 radical (unpaired) electrons. The summed E-state index contributed by atoms with van der Waals surface area (Å²) in [5, 5.41) is 12.5. The van der Waals surface area contributed by atoms with Gasteiger partial charge in [-0.1, -0.05) is 12.1 Å². The summed E-state index contributed by atoms with van der Waals surface area (Å²) in [6.07, 6.45) is -4.57. The lowest BCUT2D eigenvalue weighted by atomic mass is 10.0. The normalized spacial score (nSPS) is 17.5. The van der Waals surface area contributed by atoms with Gasteiger partial charge in [0, 0.05) is 31.7 Å². The van der Waals surface area contributed by atoms with E-state index in [0.29, 0.717) is 13.1 Å². The van der Waals surface area contributed by atoms with Crippen LogP contribution in [-0.4, -0.2) is 42.4 Å². The number of piperazine rings is 1. The molecule has 0 aromatic heterocycles. The van der Waals surface area contributed by atoms with Crippen LogP contribution in [0.2, 0.25) is 0 Å². The first-order valence-electron chi connectivity index (χ1n) is 5.90. The quantitative estimate of drug-likeness (QED) is 0.805. The van der Waals surface area contributed by atoms with Crippen LogP contribution in [0.1, 0.15) is 11.6 Å². The molecule has 1 aliphatic heterocycles. The Morgan fingerprint density at radius 1 is 1.14 bits per heavy atom. The number of nitrogens with one attached hydrogen (secondary N) is 1. The fraction of sp³-hybridized carbons (Fsp3) is 0.500. The third-order valence-electron chi connectivity index (χ3n) is 3.14. The number of nitrogens with zero attached hydrogens (tertiary/aromatic N) is 1. The van der Waals surface area contributed by atoms with Crippen molar-refractivity contribution in [3.8, 4) is 5.75 Å². The van der Waals surface area contributed by atoms with Crippen LogP contribution in [0.3, 0.4) is 0 Å². The molecular weight excluding hydrogens is 335 g/mol. The predicted octanol–water partition coefficient (Wildman–Crippen LogP) is 2.88. The zero-order chi connectivity index (χ0) is 14.0. The van der Waals surface area contributed by atoms with Gasteiger partial charge in [0.2, 0.25) is 0 Å². The first-order valence-corrected chi connectivity index (χ1v) is 5.90. The third-order valence-corrected chi connectivity index (χ3v) is 3.14. The van der Waals surface area contributed by atoms with E-state index in [1.165, 1.54) is 11.0 Å². The second kappa shape index (κ2) is 8.03. The molecule has 0 unspecified atom stereocenters. The number of hydrogen-bond donors (Lipinski definition) is 2. The number of hydrogen-bond acceptors (Lipinski definition) is 3. The molecule has 1 aromatic carbocycles. The van der Waals surface area contributed by atoms with Crippen molar-refractivity contribution in [3.63, 3.8) is 0 Å². The fourth-order valence-corrected chi connectivity index (χ4v) is 2.27. The van der Waals surface area contributed by atoms with Crippen molar-refractivity contribution in [2.75, 3.05) is 26.2 Å². The fourth-order valence-electron chi connectivity index (χ4n) is 2.27. The average molecular weight is 351 g/mol. The zero-order valence-electron chi connectivity index (χ0n) is 10.9. The predicted molar refractivity (Wildman–Crippen MR) is 75.8 cm³/mol. The van der Waals surface area contributed by atoms with Crippen LogP contribution in [-0.2, 0) is 0 Å². The van der Waals surface area contributed by atoms with E-state index >= 15 is 0 Å². The summed E-state index contributed by atoms with van der Waals surface area (Å²) < 4.78 is 52.9. The maximum absolute atomic E-state index is 13.2. The Balaban J connectivity index is 0.00000200. The molecule has 122 valence electrons. The van der Waals surface area contributed by atoms with Crippen molar-refractivity contribution in [1.29, 1.82) is 0 Å². The molecule has 0 spiro atoms. The number of rotatable bonds is 2. The second-order valence-corrected chi connectivity index (χ2v) is 4.41. The zero-order valence-corrected chi connectivity index (χ0v) is 12.5. The van der Waals surface area contributed by atoms with Crippen molar-refractivity contribution in [1.82, 2.24) is 10.2 Å². The van der Waals surface area contributed by atoms with Crippen LogP contribution >= 0.6 is 24.8 Å². The molecule has 0 amide bonds. The molecule has 0 aliphatic carbocycles. The van der Waals surface area contributed by atoms with Gasteiger partial charge in [-0.15, -0.1) is 24.8 Å². The highest BCUT2D eigenvalue weighted by atomic mass is 35.5. The van der Waals surface area contributed by atoms with E-state index in [2.05, 4.69) is 5.32 Å². The van der Waals surface area contributed by atoms with Crippen LogP contribution in [0.4, 0.5) is 17.6 Å². The standard InChI is InChI=1S/C12H14F4N2O.2ClH/c13-9-3-1-2-8(10(9)19)11(12(14,15)16)18-6-4-17-5-7-18;;/h1-3,11,17,19H,4-7H2;2*1H/t11-;;/m0../s1. The van der Waals surface area contributed by atoms with Gasteiger partial charge in [0.1, 0.15) is 6.04 Å². The highest BCUT2D eigenvalue weighted by Gasteiger charge is 2.46. The minimum Gasteiger partial charge on any atom is -0.505 e. The van der Waals surface area contributed by atoms with Gasteiger partial charge < -0.3 is 10.4 Å². The molecule has 2 N–H and O–H groups in total. The molecule has 1 aliphatic rings. The van der Waals surface area contributed by atoms with E-state index in [1.54, 1.807) is 0 Å². The SMILES string of the molecule is Cl.Cl.Oc1c(F)cccc1[C@H](N1CCNCC1)C(F)(F)F. The summed E-state index contributed by atoms with van der Waals surface area (Å²) in [4.78, 5) is 1.20. The van der Waals surface area contributed by atoms with Gasteiger partial charge >= 0.3 is 6.18 Å². The summed E-state index contributed by atoms with van der Waals surface area (Å²) in [5.41, 5.74) is -0.436. The van der Waals surface area contributed by atoms with E-state index in [0.717, 1.165) is 12.1 Å². The molecule has 2 rings (SSSR count). The van der Waals surface area contributed by atoms with E-state index in [-0.39, 0.29) is 37.9 Å². The number of benzene rings is 1. The van der Waals surface area contributed by atoms with Crippen LogP contribution in [0.5, 0.6) is 5.75 Å². The molecule has 0 bridgehead atoms. The van der Waals surface area contributed by atoms with Gasteiger partial charge in [-0.3, -0.25) is 4.90 Å². The first-order chi connectivity index (χ1) is 8.91. The number of aromatic hydroxyl groups is 1. The van der Waals surface area contributed by atoms with E-state index < -0.39 is 29.3 Å². The summed E-state index contributed by atoms with van der Waals surface area (Å²) in [6, 6.07) is 1.24. The van der Waals surface area contributed by atoms with Crippen LogP contribution < -0.4 is 5.32 Å². The molecule has 1 heterocycles. The Bertz CT molecular complexity index is 453. The molecule has 1 saturated heterocycles. The number of alkyl halides is 3. The Labute approximate surface area is 132 Å². The van der Waals surface area contributed by atoms with E-state index in [9.17, 15) is 22.7 Å². The van der Waals surface area contributed by atoms with Gasteiger partial charge in [-0.05, 0) is 6.07 Å². The average Bonchev–Trinajstić information content (AvgIpc) is 2.35. The number of halogens is 6. The Hall–Kier alpha value is -0.760. The van der Waals surface area contributed by atoms with Gasteiger partial charge in [-0.2, -0.15) is 13.2 Å². The highest BCUT2D eigenvalue weighted by Crippen LogP contribution is 2.41. The minimum absolute atomic E-state index is 0. The highest BCUT2D eigenvalue weighted by molar-refractivity contribution is 5.85. The number of phenols is 1. The maximum atomic E-state index is 13.2. The van der Waals surface area contributed by atoms with E-state index in [1.807, 2.05) is 0 Å². The Kier molecular flexibility index (Phi) is 7.74. The maximum Gasteiger partial charge on any atom is 0.408 e. The first kappa shape index (κ1) is 20.2. The van der Waals surface area contributed by atoms with Crippen molar-refractivity contribution in [2.24, 2.45) is 0 Å². The van der Waals surface area contributed by atoms with Gasteiger partial charge in [0.05, 0.1) is 0 Å². The Morgan fingerprint density at radius 3 is 2.24 bits per heavy atom. The van der Waals surface area contributed by atoms with Crippen molar-refractivity contribution < 1.29 is 22.7 Å². The van der Waals surface area contributed by atoms with Crippen LogP contribution in [0.25, 0.3) is 0 Å². The lowest BCUT2D eigenvalue weighted by Crippen LogP contribution is -2.49. The van der Waals surface area contributed by atoms with Gasteiger partial charge in [-0.25, -0.2) is 4.39 Å². The van der Waals surface area contributed by atoms with Crippen molar-refractivity contribution in [3.05, 3.63) is 29.6 Å². The molecule has 3 nitrogen and oxygen atoms in total. The smallest absolute Gasteiger partial charge is 0.408 e. The molecule has 1 aromatic rings. The summed E-state index contributed by atoms with van der Waals surface area (Å²) in [6.45, 7) is 1.26. The molecular formula is C12H16Cl2F4N2O. The third kappa shape index (κ3) is 4.60. The lowest BCUT2D eigenvalue weighted by Gasteiger charge is -2.36. The van der Waals surface area contributed by atoms with E-state index in [4.69, 9.17) is 0 Å². The lowest BCUT2D eigenvalue weighted by molar-refractivity contribution is -0.188. The van der Waals surface area contributed by atoms with Crippen LogP contribution in [0.15, 0.2) is 18.2 Å². The monoisotopic (exact) mass is 350 g/mol. The summed E-state index contributed by atoms with van der Waals surface area (Å²) in [5.74, 6) is -1.97. The molecule has 1 fully saturated rings. The van der Waals surface area contributed by atoms with Crippen molar-refractivity contribution in [2.45, 2.75) is 12.2 Å². The van der Waals surface area contributed by atoms with Gasteiger partial charge in [0.25, 0.3) is 0 Å². The topological polar surface area (TPSA) is 35.5 Å². The number of para-hydroxylation sites is 1. The molecule has 0 saturated carbocycles. The second-order valence-electron chi connectivity index (χ2n) is 4.41. The summed E-state index contributed by atoms with van der Waals surface area (Å²) in [7, 11) is 0. The number of phenolic OH excluding ortho intramolecular Hbond substituents is 1. The molecule has 9 heteroatoms. The largest absolute Gasteiger partial charge is 0.505 e.